The van der Waals surface area contributed by atoms with Gasteiger partial charge in [-0.3, -0.25) is 25.1 Å². The first kappa shape index (κ1) is 16.6. The van der Waals surface area contributed by atoms with Gasteiger partial charge in [-0.2, -0.15) is 18.3 Å². The van der Waals surface area contributed by atoms with E-state index in [4.69, 9.17) is 4.42 Å². The summed E-state index contributed by atoms with van der Waals surface area (Å²) in [6.07, 6.45) is -3.56. The Hall–Kier alpha value is -2.78. The van der Waals surface area contributed by atoms with Crippen LogP contribution in [0.2, 0.25) is 0 Å². The lowest BCUT2D eigenvalue weighted by molar-refractivity contribution is -0.141. The first-order valence-corrected chi connectivity index (χ1v) is 6.43. The van der Waals surface area contributed by atoms with Crippen molar-refractivity contribution in [1.29, 1.82) is 0 Å². The third-order valence-corrected chi connectivity index (χ3v) is 2.84. The molecule has 2 rings (SSSR count). The van der Waals surface area contributed by atoms with Gasteiger partial charge in [-0.15, -0.1) is 0 Å². The van der Waals surface area contributed by atoms with E-state index in [9.17, 15) is 22.8 Å². The zero-order valence-electron chi connectivity index (χ0n) is 12.2. The van der Waals surface area contributed by atoms with E-state index in [2.05, 4.69) is 16.0 Å². The minimum atomic E-state index is -4.58. The van der Waals surface area contributed by atoms with Gasteiger partial charge in [0.05, 0.1) is 5.56 Å². The summed E-state index contributed by atoms with van der Waals surface area (Å²) in [5.74, 6) is -0.400. The molecule has 0 saturated heterocycles. The number of aromatic nitrogens is 2. The number of hydrogen-bond acceptors (Lipinski definition) is 4. The number of halogens is 3. The molecule has 2 amide bonds. The predicted octanol–water partition coefficient (Wildman–Crippen LogP) is 1.57. The average molecular weight is 330 g/mol. The van der Waals surface area contributed by atoms with Crippen molar-refractivity contribution in [1.82, 2.24) is 20.6 Å². The summed E-state index contributed by atoms with van der Waals surface area (Å²) in [5, 5.41) is 3.23. The van der Waals surface area contributed by atoms with Crippen molar-refractivity contribution >= 4 is 11.8 Å². The number of alkyl halides is 3. The van der Waals surface area contributed by atoms with Gasteiger partial charge in [0.1, 0.15) is 18.1 Å². The summed E-state index contributed by atoms with van der Waals surface area (Å²) in [6, 6.07) is 2.25. The average Bonchev–Trinajstić information content (AvgIpc) is 3.02. The molecular formula is C13H13F3N4O3. The van der Waals surface area contributed by atoms with Gasteiger partial charge in [-0.25, -0.2) is 0 Å². The molecule has 2 N–H and O–H groups in total. The van der Waals surface area contributed by atoms with Gasteiger partial charge in [0, 0.05) is 6.20 Å². The van der Waals surface area contributed by atoms with Crippen molar-refractivity contribution in [2.75, 3.05) is 0 Å². The molecule has 0 spiro atoms. The molecule has 0 bridgehead atoms. The van der Waals surface area contributed by atoms with Gasteiger partial charge in [-0.05, 0) is 26.0 Å². The van der Waals surface area contributed by atoms with E-state index in [0.717, 1.165) is 16.9 Å². The first-order chi connectivity index (χ1) is 10.7. The summed E-state index contributed by atoms with van der Waals surface area (Å²) in [4.78, 5) is 23.4. The van der Waals surface area contributed by atoms with Crippen LogP contribution in [0.3, 0.4) is 0 Å². The number of amides is 2. The molecule has 0 aliphatic carbocycles. The number of nitrogens with one attached hydrogen (secondary N) is 2. The van der Waals surface area contributed by atoms with Gasteiger partial charge in [-0.1, -0.05) is 0 Å². The van der Waals surface area contributed by atoms with Crippen LogP contribution >= 0.6 is 0 Å². The minimum absolute atomic E-state index is 0.251. The van der Waals surface area contributed by atoms with Gasteiger partial charge < -0.3 is 4.42 Å². The SMILES string of the molecule is Cc1cc(C(=O)NNC(=O)Cn2ccc(C(F)(F)F)n2)c(C)o1. The largest absolute Gasteiger partial charge is 0.466 e. The van der Waals surface area contributed by atoms with Crippen molar-refractivity contribution in [3.05, 3.63) is 41.1 Å². The second kappa shape index (κ2) is 6.15. The molecule has 7 nitrogen and oxygen atoms in total. The molecule has 2 aromatic rings. The standard InChI is InChI=1S/C13H13F3N4O3/c1-7-5-9(8(2)23-7)12(22)18-17-11(21)6-20-4-3-10(19-20)13(14,15)16/h3-5H,6H2,1-2H3,(H,17,21)(H,18,22). The van der Waals surface area contributed by atoms with Gasteiger partial charge in [0.25, 0.3) is 11.8 Å². The molecular weight excluding hydrogens is 317 g/mol. The monoisotopic (exact) mass is 330 g/mol. The topological polar surface area (TPSA) is 89.2 Å². The second-order valence-corrected chi connectivity index (χ2v) is 4.73. The second-order valence-electron chi connectivity index (χ2n) is 4.73. The number of rotatable bonds is 3. The lowest BCUT2D eigenvalue weighted by atomic mass is 10.2. The molecule has 10 heteroatoms. The lowest BCUT2D eigenvalue weighted by Crippen LogP contribution is -2.43. The molecule has 0 saturated carbocycles. The molecule has 23 heavy (non-hydrogen) atoms. The van der Waals surface area contributed by atoms with Crippen LogP contribution < -0.4 is 10.9 Å². The first-order valence-electron chi connectivity index (χ1n) is 6.43. The summed E-state index contributed by atoms with van der Waals surface area (Å²) < 4.78 is 43.1. The quantitative estimate of drug-likeness (QED) is 0.836. The van der Waals surface area contributed by atoms with Crippen LogP contribution in [0, 0.1) is 13.8 Å². The fraction of sp³-hybridized carbons (Fsp3) is 0.308. The highest BCUT2D eigenvalue weighted by molar-refractivity contribution is 5.96. The molecule has 0 aliphatic heterocycles. The highest BCUT2D eigenvalue weighted by Crippen LogP contribution is 2.27. The maximum Gasteiger partial charge on any atom is 0.435 e. The van der Waals surface area contributed by atoms with Crippen LogP contribution in [0.25, 0.3) is 0 Å². The summed E-state index contributed by atoms with van der Waals surface area (Å²) >= 11 is 0. The number of aryl methyl sites for hydroxylation is 2. The smallest absolute Gasteiger partial charge is 0.435 e. The maximum atomic E-state index is 12.4. The van der Waals surface area contributed by atoms with Crippen molar-refractivity contribution in [2.45, 2.75) is 26.6 Å². The summed E-state index contributed by atoms with van der Waals surface area (Å²) in [6.45, 7) is 2.78. The number of hydrazine groups is 1. The van der Waals surface area contributed by atoms with Crippen molar-refractivity contribution in [3.8, 4) is 0 Å². The predicted molar refractivity (Wildman–Crippen MR) is 71.0 cm³/mol. The highest BCUT2D eigenvalue weighted by atomic mass is 19.4. The Morgan fingerprint density at radius 2 is 2.00 bits per heavy atom. The fourth-order valence-corrected chi connectivity index (χ4v) is 1.84. The van der Waals surface area contributed by atoms with Crippen molar-refractivity contribution in [3.63, 3.8) is 0 Å². The van der Waals surface area contributed by atoms with Gasteiger partial charge in [0.2, 0.25) is 0 Å². The minimum Gasteiger partial charge on any atom is -0.466 e. The van der Waals surface area contributed by atoms with Crippen LogP contribution in [0.1, 0.15) is 27.6 Å². The van der Waals surface area contributed by atoms with E-state index in [0.29, 0.717) is 11.5 Å². The Morgan fingerprint density at radius 1 is 1.30 bits per heavy atom. The third-order valence-electron chi connectivity index (χ3n) is 2.84. The normalized spacial score (nSPS) is 11.3. The number of nitrogens with zero attached hydrogens (tertiary/aromatic N) is 2. The molecule has 0 atom stereocenters. The molecule has 0 aliphatic rings. The van der Waals surface area contributed by atoms with Crippen LogP contribution in [-0.4, -0.2) is 21.6 Å². The maximum absolute atomic E-state index is 12.4. The Kier molecular flexibility index (Phi) is 4.43. The number of carbonyl (C=O) groups is 2. The zero-order chi connectivity index (χ0) is 17.2. The molecule has 0 aromatic carbocycles. The van der Waals surface area contributed by atoms with Crippen molar-refractivity contribution < 1.29 is 27.2 Å². The van der Waals surface area contributed by atoms with Gasteiger partial charge >= 0.3 is 6.18 Å². The van der Waals surface area contributed by atoms with Crippen LogP contribution in [0.4, 0.5) is 13.2 Å². The third kappa shape index (κ3) is 4.11. The fourth-order valence-electron chi connectivity index (χ4n) is 1.84. The van der Waals surface area contributed by atoms with Gasteiger partial charge in [0.15, 0.2) is 5.69 Å². The van der Waals surface area contributed by atoms with Crippen LogP contribution in [0.5, 0.6) is 0 Å². The molecule has 0 fully saturated rings. The number of furan rings is 1. The molecule has 2 aromatic heterocycles. The zero-order valence-corrected chi connectivity index (χ0v) is 12.2. The van der Waals surface area contributed by atoms with Crippen LogP contribution in [-0.2, 0) is 17.5 Å². The molecule has 0 unspecified atom stereocenters. The molecule has 124 valence electrons. The Balaban J connectivity index is 1.89. The molecule has 0 radical (unpaired) electrons. The molecule has 2 heterocycles. The Labute approximate surface area is 128 Å². The number of carbonyl (C=O) groups excluding carboxylic acids is 2. The van der Waals surface area contributed by atoms with E-state index < -0.39 is 30.2 Å². The van der Waals surface area contributed by atoms with E-state index in [-0.39, 0.29) is 5.56 Å². The van der Waals surface area contributed by atoms with E-state index >= 15 is 0 Å². The van der Waals surface area contributed by atoms with E-state index in [1.165, 1.54) is 6.07 Å². The highest BCUT2D eigenvalue weighted by Gasteiger charge is 2.33. The lowest BCUT2D eigenvalue weighted by Gasteiger charge is -2.07. The number of hydrogen-bond donors (Lipinski definition) is 2. The van der Waals surface area contributed by atoms with Crippen molar-refractivity contribution in [2.24, 2.45) is 0 Å². The Morgan fingerprint density at radius 3 is 2.52 bits per heavy atom. The summed E-state index contributed by atoms with van der Waals surface area (Å²) in [7, 11) is 0. The Bertz CT molecular complexity index is 733. The van der Waals surface area contributed by atoms with E-state index in [1.807, 2.05) is 0 Å². The van der Waals surface area contributed by atoms with E-state index in [1.54, 1.807) is 13.8 Å². The summed E-state index contributed by atoms with van der Waals surface area (Å²) in [5.41, 5.74) is 3.39. The van der Waals surface area contributed by atoms with Crippen LogP contribution in [0.15, 0.2) is 22.7 Å².